The second kappa shape index (κ2) is 12.7. The van der Waals surface area contributed by atoms with E-state index in [9.17, 15) is 14.0 Å². The molecule has 0 aliphatic carbocycles. The number of aryl methyl sites for hydroxylation is 1. The molecule has 1 amide bonds. The number of benzene rings is 1. The first-order chi connectivity index (χ1) is 19.8. The van der Waals surface area contributed by atoms with E-state index in [-0.39, 0.29) is 17.3 Å². The average Bonchev–Trinajstić information content (AvgIpc) is 3.24. The average molecular weight is 594 g/mol. The number of halogens is 1. The number of rotatable bonds is 9. The van der Waals surface area contributed by atoms with Crippen molar-refractivity contribution in [1.82, 2.24) is 14.3 Å². The predicted octanol–water partition coefficient (Wildman–Crippen LogP) is 5.89. The number of amides is 1. The lowest BCUT2D eigenvalue weighted by atomic mass is 9.99. The first-order valence-corrected chi connectivity index (χ1v) is 15.6. The van der Waals surface area contributed by atoms with Crippen LogP contribution in [0.2, 0.25) is 0 Å². The van der Waals surface area contributed by atoms with Gasteiger partial charge in [0.05, 0.1) is 10.5 Å². The van der Waals surface area contributed by atoms with E-state index in [4.69, 9.17) is 17.2 Å². The highest BCUT2D eigenvalue weighted by Crippen LogP contribution is 2.35. The number of carbonyl (C=O) groups is 1. The Labute approximate surface area is 250 Å². The van der Waals surface area contributed by atoms with E-state index < -0.39 is 0 Å². The minimum Gasteiger partial charge on any atom is -0.368 e. The summed E-state index contributed by atoms with van der Waals surface area (Å²) in [7, 11) is 0. The molecule has 3 aromatic rings. The fourth-order valence-electron chi connectivity index (χ4n) is 5.46. The fourth-order valence-corrected chi connectivity index (χ4v) is 6.72. The number of thiocarbonyl (C=S) groups is 1. The summed E-state index contributed by atoms with van der Waals surface area (Å²) in [5.41, 5.74) is 2.63. The zero-order valence-electron chi connectivity index (χ0n) is 23.8. The first-order valence-electron chi connectivity index (χ1n) is 14.3. The van der Waals surface area contributed by atoms with Gasteiger partial charge >= 0.3 is 0 Å². The molecular formula is C31H36FN5O2S2. The van der Waals surface area contributed by atoms with Crippen LogP contribution < -0.4 is 15.4 Å². The van der Waals surface area contributed by atoms with Crippen molar-refractivity contribution >= 4 is 57.4 Å². The van der Waals surface area contributed by atoms with Gasteiger partial charge in [-0.2, -0.15) is 0 Å². The van der Waals surface area contributed by atoms with E-state index in [2.05, 4.69) is 23.6 Å². The topological polar surface area (TPSA) is 61.2 Å². The number of nitrogens with zero attached hydrogens (tertiary/aromatic N) is 5. The first kappa shape index (κ1) is 29.3. The molecule has 0 spiro atoms. The number of pyridine rings is 1. The Bertz CT molecular complexity index is 1530. The highest BCUT2D eigenvalue weighted by atomic mass is 32.2. The van der Waals surface area contributed by atoms with Gasteiger partial charge in [0.15, 0.2) is 0 Å². The molecule has 41 heavy (non-hydrogen) atoms. The van der Waals surface area contributed by atoms with Crippen molar-refractivity contribution in [3.63, 3.8) is 0 Å². The number of piperazine rings is 1. The Morgan fingerprint density at radius 3 is 2.46 bits per heavy atom. The number of thioether (sulfide) groups is 1. The van der Waals surface area contributed by atoms with E-state index >= 15 is 0 Å². The molecular weight excluding hydrogens is 558 g/mol. The molecule has 5 rings (SSSR count). The van der Waals surface area contributed by atoms with E-state index in [0.29, 0.717) is 64.9 Å². The van der Waals surface area contributed by atoms with Gasteiger partial charge in [-0.25, -0.2) is 9.37 Å². The highest BCUT2D eigenvalue weighted by molar-refractivity contribution is 8.26. The predicted molar refractivity (Wildman–Crippen MR) is 170 cm³/mol. The van der Waals surface area contributed by atoms with Gasteiger partial charge in [-0.15, -0.1) is 0 Å². The zero-order chi connectivity index (χ0) is 29.1. The molecule has 2 aromatic heterocycles. The third-order valence-corrected chi connectivity index (χ3v) is 9.35. The molecule has 0 N–H and O–H groups in total. The van der Waals surface area contributed by atoms with Crippen molar-refractivity contribution in [2.24, 2.45) is 5.92 Å². The quantitative estimate of drug-likeness (QED) is 0.227. The molecule has 2 aliphatic rings. The Balaban J connectivity index is 1.47. The molecule has 2 saturated heterocycles. The number of aromatic nitrogens is 2. The number of hydrogen-bond donors (Lipinski definition) is 0. The van der Waals surface area contributed by atoms with Crippen molar-refractivity contribution in [2.75, 3.05) is 42.5 Å². The number of unbranched alkanes of at least 4 members (excludes halogenated alkanes) is 1. The van der Waals surface area contributed by atoms with Crippen molar-refractivity contribution < 1.29 is 9.18 Å². The van der Waals surface area contributed by atoms with E-state index in [0.717, 1.165) is 36.9 Å². The SMILES string of the molecule is CCCCC(CC)CN1C(=O)/C(=C\c2c(N3CCN(c4ccc(F)cc4)CC3)nc3c(C)cccn3c2=O)SC1=S. The van der Waals surface area contributed by atoms with Gasteiger partial charge in [0.25, 0.3) is 11.5 Å². The summed E-state index contributed by atoms with van der Waals surface area (Å²) in [6.45, 7) is 9.51. The standard InChI is InChI=1S/C31H36FN5O2S2/c1-4-6-9-22(5-2)20-37-30(39)26(41-31(37)40)19-25-28(33-27-21(3)8-7-14-36(27)29(25)38)35-17-15-34(16-18-35)24-12-10-23(32)11-13-24/h7-8,10-14,19,22H,4-6,9,15-18,20H2,1-3H3/b26-19+. The summed E-state index contributed by atoms with van der Waals surface area (Å²) in [5.74, 6) is 0.559. The molecule has 1 unspecified atom stereocenters. The van der Waals surface area contributed by atoms with Crippen LogP contribution in [0.5, 0.6) is 0 Å². The maximum absolute atomic E-state index is 13.9. The summed E-state index contributed by atoms with van der Waals surface area (Å²) in [6.07, 6.45) is 7.70. The normalized spacial score (nSPS) is 17.8. The van der Waals surface area contributed by atoms with Gasteiger partial charge < -0.3 is 9.80 Å². The molecule has 1 aromatic carbocycles. The lowest BCUT2D eigenvalue weighted by molar-refractivity contribution is -0.122. The molecule has 7 nitrogen and oxygen atoms in total. The molecule has 0 radical (unpaired) electrons. The van der Waals surface area contributed by atoms with Crippen LogP contribution in [-0.2, 0) is 4.79 Å². The third kappa shape index (κ3) is 6.18. The summed E-state index contributed by atoms with van der Waals surface area (Å²) >= 11 is 6.89. The van der Waals surface area contributed by atoms with Crippen molar-refractivity contribution in [3.8, 4) is 0 Å². The van der Waals surface area contributed by atoms with Crippen LogP contribution in [-0.4, -0.2) is 57.2 Å². The van der Waals surface area contributed by atoms with Gasteiger partial charge in [-0.3, -0.25) is 18.9 Å². The second-order valence-electron chi connectivity index (χ2n) is 10.7. The largest absolute Gasteiger partial charge is 0.368 e. The van der Waals surface area contributed by atoms with Crippen LogP contribution in [0.3, 0.4) is 0 Å². The minimum absolute atomic E-state index is 0.143. The van der Waals surface area contributed by atoms with Crippen LogP contribution in [0.1, 0.15) is 50.7 Å². The molecule has 1 atom stereocenters. The van der Waals surface area contributed by atoms with Crippen molar-refractivity contribution in [3.05, 3.63) is 74.8 Å². The van der Waals surface area contributed by atoms with Crippen LogP contribution in [0, 0.1) is 18.7 Å². The van der Waals surface area contributed by atoms with E-state index in [1.54, 1.807) is 33.7 Å². The Morgan fingerprint density at radius 2 is 1.78 bits per heavy atom. The van der Waals surface area contributed by atoms with E-state index in [1.807, 2.05) is 19.1 Å². The summed E-state index contributed by atoms with van der Waals surface area (Å²) in [6, 6.07) is 10.3. The van der Waals surface area contributed by atoms with Gasteiger partial charge in [-0.05, 0) is 61.2 Å². The summed E-state index contributed by atoms with van der Waals surface area (Å²) in [4.78, 5) is 38.9. The van der Waals surface area contributed by atoms with Crippen LogP contribution in [0.25, 0.3) is 11.7 Å². The van der Waals surface area contributed by atoms with Crippen molar-refractivity contribution in [2.45, 2.75) is 46.5 Å². The number of anilines is 2. The minimum atomic E-state index is -0.259. The molecule has 216 valence electrons. The molecule has 2 aliphatic heterocycles. The molecule has 0 saturated carbocycles. The molecule has 10 heteroatoms. The number of carbonyl (C=O) groups excluding carboxylic acids is 1. The Hall–Kier alpha value is -3.24. The van der Waals surface area contributed by atoms with E-state index in [1.165, 1.54) is 23.9 Å². The van der Waals surface area contributed by atoms with Gasteiger partial charge in [0.1, 0.15) is 21.6 Å². The fraction of sp³-hybridized carbons (Fsp3) is 0.419. The third-order valence-electron chi connectivity index (χ3n) is 7.97. The van der Waals surface area contributed by atoms with Gasteiger partial charge in [0, 0.05) is 44.6 Å². The Morgan fingerprint density at radius 1 is 1.07 bits per heavy atom. The maximum Gasteiger partial charge on any atom is 0.267 e. The van der Waals surface area contributed by atoms with Crippen LogP contribution in [0.15, 0.2) is 52.3 Å². The molecule has 2 fully saturated rings. The number of fused-ring (bicyclic) bond motifs is 1. The van der Waals surface area contributed by atoms with Crippen molar-refractivity contribution in [1.29, 1.82) is 0 Å². The zero-order valence-corrected chi connectivity index (χ0v) is 25.4. The highest BCUT2D eigenvalue weighted by Gasteiger charge is 2.34. The second-order valence-corrected chi connectivity index (χ2v) is 12.4. The van der Waals surface area contributed by atoms with Crippen LogP contribution in [0.4, 0.5) is 15.9 Å². The van der Waals surface area contributed by atoms with Crippen LogP contribution >= 0.6 is 24.0 Å². The van der Waals surface area contributed by atoms with Gasteiger partial charge in [0.2, 0.25) is 0 Å². The molecule has 0 bridgehead atoms. The smallest absolute Gasteiger partial charge is 0.267 e. The summed E-state index contributed by atoms with van der Waals surface area (Å²) < 4.78 is 15.5. The monoisotopic (exact) mass is 593 g/mol. The lowest BCUT2D eigenvalue weighted by Gasteiger charge is -2.37. The number of hydrogen-bond acceptors (Lipinski definition) is 7. The molecule has 4 heterocycles. The van der Waals surface area contributed by atoms with Gasteiger partial charge in [-0.1, -0.05) is 63.2 Å². The summed E-state index contributed by atoms with van der Waals surface area (Å²) in [5, 5.41) is 0. The Kier molecular flexibility index (Phi) is 9.09. The lowest BCUT2D eigenvalue weighted by Crippen LogP contribution is -2.47. The maximum atomic E-state index is 13.9.